The largest absolute Gasteiger partial charge is 0.259 e. The molecule has 0 saturated carbocycles. The van der Waals surface area contributed by atoms with Crippen LogP contribution in [0.1, 0.15) is 26.5 Å². The van der Waals surface area contributed by atoms with E-state index in [4.69, 9.17) is 5.26 Å². The average molecular weight is 206 g/mol. The van der Waals surface area contributed by atoms with Crippen LogP contribution in [0.5, 0.6) is 0 Å². The van der Waals surface area contributed by atoms with Crippen molar-refractivity contribution in [3.63, 3.8) is 0 Å². The van der Waals surface area contributed by atoms with Gasteiger partial charge in [-0.05, 0) is 12.1 Å². The van der Waals surface area contributed by atoms with E-state index in [2.05, 4.69) is 31.8 Å². The zero-order valence-electron chi connectivity index (χ0n) is 8.74. The van der Waals surface area contributed by atoms with Crippen LogP contribution in [0.4, 0.5) is 0 Å². The van der Waals surface area contributed by atoms with Gasteiger partial charge in [0.2, 0.25) is 0 Å². The van der Waals surface area contributed by atoms with Crippen molar-refractivity contribution in [3.8, 4) is 6.07 Å². The molecular formula is C11H14N2S. The smallest absolute Gasteiger partial charge is 0.0786 e. The quantitative estimate of drug-likeness (QED) is 0.698. The van der Waals surface area contributed by atoms with Crippen LogP contribution in [0.3, 0.4) is 0 Å². The molecule has 0 saturated heterocycles. The summed E-state index contributed by atoms with van der Waals surface area (Å²) in [6, 6.07) is 6.07. The zero-order valence-corrected chi connectivity index (χ0v) is 9.56. The predicted molar refractivity (Wildman–Crippen MR) is 59.2 cm³/mol. The summed E-state index contributed by atoms with van der Waals surface area (Å²) >= 11 is 1.75. The third-order valence-corrected chi connectivity index (χ3v) is 2.72. The third-order valence-electron chi connectivity index (χ3n) is 1.51. The minimum absolute atomic E-state index is 0.160. The van der Waals surface area contributed by atoms with Crippen LogP contribution in [0.2, 0.25) is 0 Å². The Morgan fingerprint density at radius 2 is 2.21 bits per heavy atom. The molecule has 0 unspecified atom stereocenters. The lowest BCUT2D eigenvalue weighted by Crippen LogP contribution is -2.08. The van der Waals surface area contributed by atoms with Gasteiger partial charge in [0.1, 0.15) is 0 Å². The van der Waals surface area contributed by atoms with E-state index in [-0.39, 0.29) is 4.75 Å². The van der Waals surface area contributed by atoms with Crippen molar-refractivity contribution in [1.29, 1.82) is 5.26 Å². The standard InChI is InChI=1S/C11H14N2S/c1-11(2,3)14-10-5-4-8-13-9(10)6-7-12/h4-5,8H,6H2,1-3H3. The van der Waals surface area contributed by atoms with Gasteiger partial charge in [-0.15, -0.1) is 11.8 Å². The summed E-state index contributed by atoms with van der Waals surface area (Å²) in [5.74, 6) is 0. The summed E-state index contributed by atoms with van der Waals surface area (Å²) in [5.41, 5.74) is 0.884. The van der Waals surface area contributed by atoms with E-state index >= 15 is 0 Å². The highest BCUT2D eigenvalue weighted by molar-refractivity contribution is 8.00. The Kier molecular flexibility index (Phi) is 3.54. The fourth-order valence-electron chi connectivity index (χ4n) is 1.05. The molecule has 0 aromatic carbocycles. The van der Waals surface area contributed by atoms with Gasteiger partial charge in [-0.1, -0.05) is 20.8 Å². The molecule has 0 N–H and O–H groups in total. The first-order valence-corrected chi connectivity index (χ1v) is 5.34. The molecule has 0 atom stereocenters. The summed E-state index contributed by atoms with van der Waals surface area (Å²) < 4.78 is 0.160. The minimum Gasteiger partial charge on any atom is -0.259 e. The first-order chi connectivity index (χ1) is 6.53. The number of nitrogens with zero attached hydrogens (tertiary/aromatic N) is 2. The summed E-state index contributed by atoms with van der Waals surface area (Å²) in [4.78, 5) is 5.32. The van der Waals surface area contributed by atoms with E-state index < -0.39 is 0 Å². The molecule has 0 bridgehead atoms. The molecule has 0 amide bonds. The molecule has 74 valence electrons. The summed E-state index contributed by atoms with van der Waals surface area (Å²) in [7, 11) is 0. The minimum atomic E-state index is 0.160. The first kappa shape index (κ1) is 11.1. The molecule has 3 heteroatoms. The molecule has 0 fully saturated rings. The van der Waals surface area contributed by atoms with E-state index in [9.17, 15) is 0 Å². The second-order valence-electron chi connectivity index (χ2n) is 4.00. The summed E-state index contributed by atoms with van der Waals surface area (Å²) in [6.45, 7) is 6.46. The van der Waals surface area contributed by atoms with Gasteiger partial charge < -0.3 is 0 Å². The Hall–Kier alpha value is -1.01. The van der Waals surface area contributed by atoms with Gasteiger partial charge in [0.25, 0.3) is 0 Å². The molecular weight excluding hydrogens is 192 g/mol. The molecule has 0 aliphatic carbocycles. The van der Waals surface area contributed by atoms with E-state index in [1.165, 1.54) is 0 Å². The number of nitriles is 1. The van der Waals surface area contributed by atoms with E-state index in [0.29, 0.717) is 6.42 Å². The van der Waals surface area contributed by atoms with Crippen molar-refractivity contribution < 1.29 is 0 Å². The molecule has 0 spiro atoms. The van der Waals surface area contributed by atoms with Crippen LogP contribution < -0.4 is 0 Å². The van der Waals surface area contributed by atoms with Crippen LogP contribution in [0.15, 0.2) is 23.2 Å². The Morgan fingerprint density at radius 1 is 1.50 bits per heavy atom. The molecule has 14 heavy (non-hydrogen) atoms. The molecule has 1 rings (SSSR count). The Labute approximate surface area is 89.4 Å². The van der Waals surface area contributed by atoms with Crippen molar-refractivity contribution in [3.05, 3.63) is 24.0 Å². The van der Waals surface area contributed by atoms with E-state index in [1.54, 1.807) is 18.0 Å². The fourth-order valence-corrected chi connectivity index (χ4v) is 2.10. The van der Waals surface area contributed by atoms with Gasteiger partial charge in [-0.3, -0.25) is 4.98 Å². The SMILES string of the molecule is CC(C)(C)Sc1cccnc1CC#N. The molecule has 0 aliphatic heterocycles. The Morgan fingerprint density at radius 3 is 2.79 bits per heavy atom. The van der Waals surface area contributed by atoms with Crippen LogP contribution in [-0.4, -0.2) is 9.73 Å². The van der Waals surface area contributed by atoms with Crippen molar-refractivity contribution in [2.45, 2.75) is 36.8 Å². The van der Waals surface area contributed by atoms with E-state index in [0.717, 1.165) is 10.6 Å². The van der Waals surface area contributed by atoms with Gasteiger partial charge >= 0.3 is 0 Å². The van der Waals surface area contributed by atoms with Crippen LogP contribution in [0, 0.1) is 11.3 Å². The molecule has 1 aromatic heterocycles. The monoisotopic (exact) mass is 206 g/mol. The molecule has 1 aromatic rings. The Balaban J connectivity index is 2.91. The molecule has 1 heterocycles. The zero-order chi connectivity index (χ0) is 10.6. The molecule has 0 aliphatic rings. The van der Waals surface area contributed by atoms with Crippen molar-refractivity contribution >= 4 is 11.8 Å². The fraction of sp³-hybridized carbons (Fsp3) is 0.455. The van der Waals surface area contributed by atoms with Crippen LogP contribution in [-0.2, 0) is 6.42 Å². The number of hydrogen-bond acceptors (Lipinski definition) is 3. The van der Waals surface area contributed by atoms with Gasteiger partial charge in [-0.2, -0.15) is 5.26 Å². The van der Waals surface area contributed by atoms with Gasteiger partial charge in [0, 0.05) is 15.8 Å². The van der Waals surface area contributed by atoms with Crippen LogP contribution >= 0.6 is 11.8 Å². The summed E-state index contributed by atoms with van der Waals surface area (Å²) in [6.07, 6.45) is 2.12. The second-order valence-corrected chi connectivity index (χ2v) is 5.87. The first-order valence-electron chi connectivity index (χ1n) is 4.53. The van der Waals surface area contributed by atoms with Gasteiger partial charge in [-0.25, -0.2) is 0 Å². The average Bonchev–Trinajstić information content (AvgIpc) is 2.06. The van der Waals surface area contributed by atoms with Gasteiger partial charge in [0.05, 0.1) is 18.2 Å². The normalized spacial score (nSPS) is 11.0. The summed E-state index contributed by atoms with van der Waals surface area (Å²) in [5, 5.41) is 8.64. The number of pyridine rings is 1. The molecule has 2 nitrogen and oxygen atoms in total. The number of rotatable bonds is 2. The van der Waals surface area contributed by atoms with Gasteiger partial charge in [0.15, 0.2) is 0 Å². The van der Waals surface area contributed by atoms with Crippen molar-refractivity contribution in [2.24, 2.45) is 0 Å². The highest BCUT2D eigenvalue weighted by Crippen LogP contribution is 2.33. The maximum atomic E-state index is 8.64. The predicted octanol–water partition coefficient (Wildman–Crippen LogP) is 3.04. The Bertz CT molecular complexity index is 347. The number of thioether (sulfide) groups is 1. The second kappa shape index (κ2) is 4.47. The highest BCUT2D eigenvalue weighted by Gasteiger charge is 2.14. The molecule has 0 radical (unpaired) electrons. The maximum Gasteiger partial charge on any atom is 0.0786 e. The van der Waals surface area contributed by atoms with Crippen molar-refractivity contribution in [2.75, 3.05) is 0 Å². The lowest BCUT2D eigenvalue weighted by Gasteiger charge is -2.18. The number of aromatic nitrogens is 1. The maximum absolute atomic E-state index is 8.64. The van der Waals surface area contributed by atoms with E-state index in [1.807, 2.05) is 12.1 Å². The lowest BCUT2D eigenvalue weighted by atomic mass is 10.2. The third kappa shape index (κ3) is 3.39. The number of hydrogen-bond donors (Lipinski definition) is 0. The highest BCUT2D eigenvalue weighted by atomic mass is 32.2. The van der Waals surface area contributed by atoms with Crippen molar-refractivity contribution in [1.82, 2.24) is 4.98 Å². The topological polar surface area (TPSA) is 36.7 Å². The lowest BCUT2D eigenvalue weighted by molar-refractivity contribution is 0.800. The van der Waals surface area contributed by atoms with Crippen LogP contribution in [0.25, 0.3) is 0 Å².